The highest BCUT2D eigenvalue weighted by molar-refractivity contribution is 6.32. The molecule has 0 bridgehead atoms. The van der Waals surface area contributed by atoms with E-state index in [4.69, 9.17) is 22.1 Å². The maximum absolute atomic E-state index is 11.7. The molecule has 0 aliphatic rings. The van der Waals surface area contributed by atoms with Crippen LogP contribution in [0.15, 0.2) is 18.2 Å². The van der Waals surface area contributed by atoms with Crippen LogP contribution in [0.1, 0.15) is 24.2 Å². The first-order chi connectivity index (χ1) is 8.04. The third-order valence-corrected chi connectivity index (χ3v) is 2.28. The average molecular weight is 257 g/mol. The summed E-state index contributed by atoms with van der Waals surface area (Å²) in [6.07, 6.45) is 0. The van der Waals surface area contributed by atoms with Gasteiger partial charge in [0.15, 0.2) is 0 Å². The molecular weight excluding hydrogens is 240 g/mol. The van der Waals surface area contributed by atoms with Gasteiger partial charge in [0, 0.05) is 18.2 Å². The Balaban J connectivity index is 2.77. The Morgan fingerprint density at radius 2 is 2.24 bits per heavy atom. The van der Waals surface area contributed by atoms with Crippen LogP contribution >= 0.6 is 11.6 Å². The Morgan fingerprint density at radius 3 is 2.76 bits per heavy atom. The Hall–Kier alpha value is -1.26. The number of rotatable bonds is 5. The molecule has 1 aromatic rings. The standard InChI is InChI=1S/C12H17ClN2O2/c1-8(2)15-12(16)9-3-4-11(10(13)7-9)17-6-5-14/h3-4,7-8H,5-6,14H2,1-2H3,(H,15,16). The maximum atomic E-state index is 11.7. The fourth-order valence-electron chi connectivity index (χ4n) is 1.27. The fourth-order valence-corrected chi connectivity index (χ4v) is 1.51. The van der Waals surface area contributed by atoms with Gasteiger partial charge in [-0.2, -0.15) is 0 Å². The molecule has 0 aromatic heterocycles. The summed E-state index contributed by atoms with van der Waals surface area (Å²) in [5.74, 6) is 0.394. The van der Waals surface area contributed by atoms with Gasteiger partial charge in [-0.25, -0.2) is 0 Å². The van der Waals surface area contributed by atoms with Crippen molar-refractivity contribution in [2.24, 2.45) is 5.73 Å². The molecule has 0 saturated carbocycles. The fraction of sp³-hybridized carbons (Fsp3) is 0.417. The van der Waals surface area contributed by atoms with E-state index in [2.05, 4.69) is 5.32 Å². The van der Waals surface area contributed by atoms with Crippen molar-refractivity contribution in [3.05, 3.63) is 28.8 Å². The van der Waals surface area contributed by atoms with Crippen LogP contribution in [0.2, 0.25) is 5.02 Å². The van der Waals surface area contributed by atoms with E-state index in [1.54, 1.807) is 18.2 Å². The van der Waals surface area contributed by atoms with Crippen LogP contribution < -0.4 is 15.8 Å². The van der Waals surface area contributed by atoms with E-state index in [-0.39, 0.29) is 11.9 Å². The highest BCUT2D eigenvalue weighted by atomic mass is 35.5. The molecular formula is C12H17ClN2O2. The van der Waals surface area contributed by atoms with Gasteiger partial charge in [0.25, 0.3) is 5.91 Å². The van der Waals surface area contributed by atoms with E-state index in [0.29, 0.717) is 29.5 Å². The van der Waals surface area contributed by atoms with Crippen molar-refractivity contribution in [1.29, 1.82) is 0 Å². The second-order valence-electron chi connectivity index (χ2n) is 3.91. The van der Waals surface area contributed by atoms with Gasteiger partial charge in [-0.3, -0.25) is 4.79 Å². The minimum absolute atomic E-state index is 0.0921. The van der Waals surface area contributed by atoms with Crippen LogP contribution in [0.5, 0.6) is 5.75 Å². The minimum atomic E-state index is -0.146. The Morgan fingerprint density at radius 1 is 1.53 bits per heavy atom. The normalized spacial score (nSPS) is 10.4. The molecule has 5 heteroatoms. The van der Waals surface area contributed by atoms with Gasteiger partial charge < -0.3 is 15.8 Å². The number of ether oxygens (including phenoxy) is 1. The minimum Gasteiger partial charge on any atom is -0.491 e. The van der Waals surface area contributed by atoms with Gasteiger partial charge in [-0.05, 0) is 32.0 Å². The lowest BCUT2D eigenvalue weighted by Crippen LogP contribution is -2.30. The molecule has 1 amide bonds. The summed E-state index contributed by atoms with van der Waals surface area (Å²) in [6, 6.07) is 5.03. The van der Waals surface area contributed by atoms with E-state index in [9.17, 15) is 4.79 Å². The molecule has 94 valence electrons. The van der Waals surface area contributed by atoms with Gasteiger partial charge in [-0.15, -0.1) is 0 Å². The lowest BCUT2D eigenvalue weighted by molar-refractivity contribution is 0.0943. The Bertz CT molecular complexity index is 394. The first-order valence-corrected chi connectivity index (χ1v) is 5.85. The van der Waals surface area contributed by atoms with E-state index in [1.165, 1.54) is 0 Å². The second kappa shape index (κ2) is 6.47. The molecule has 0 radical (unpaired) electrons. The first-order valence-electron chi connectivity index (χ1n) is 5.48. The van der Waals surface area contributed by atoms with E-state index in [0.717, 1.165) is 0 Å². The van der Waals surface area contributed by atoms with Crippen LogP contribution in [0, 0.1) is 0 Å². The van der Waals surface area contributed by atoms with Crippen LogP contribution in [-0.4, -0.2) is 25.1 Å². The van der Waals surface area contributed by atoms with Crippen LogP contribution in [0.25, 0.3) is 0 Å². The first kappa shape index (κ1) is 13.8. The molecule has 0 fully saturated rings. The zero-order chi connectivity index (χ0) is 12.8. The molecule has 4 nitrogen and oxygen atoms in total. The number of carbonyl (C=O) groups excluding carboxylic acids is 1. The van der Waals surface area contributed by atoms with Crippen molar-refractivity contribution in [2.75, 3.05) is 13.2 Å². The number of amides is 1. The van der Waals surface area contributed by atoms with Crippen LogP contribution in [0.3, 0.4) is 0 Å². The average Bonchev–Trinajstić information content (AvgIpc) is 2.26. The van der Waals surface area contributed by atoms with E-state index >= 15 is 0 Å². The molecule has 0 aliphatic heterocycles. The smallest absolute Gasteiger partial charge is 0.251 e. The molecule has 0 unspecified atom stereocenters. The summed E-state index contributed by atoms with van der Waals surface area (Å²) >= 11 is 6.00. The lowest BCUT2D eigenvalue weighted by atomic mass is 10.2. The molecule has 0 aliphatic carbocycles. The van der Waals surface area contributed by atoms with Crippen molar-refractivity contribution in [2.45, 2.75) is 19.9 Å². The van der Waals surface area contributed by atoms with Crippen molar-refractivity contribution < 1.29 is 9.53 Å². The molecule has 3 N–H and O–H groups in total. The summed E-state index contributed by atoms with van der Waals surface area (Å²) < 4.78 is 5.31. The number of nitrogens with one attached hydrogen (secondary N) is 1. The molecule has 0 spiro atoms. The molecule has 1 rings (SSSR count). The number of halogens is 1. The molecule has 0 heterocycles. The van der Waals surface area contributed by atoms with Crippen molar-refractivity contribution in [3.8, 4) is 5.75 Å². The molecule has 1 aromatic carbocycles. The molecule has 0 saturated heterocycles. The summed E-state index contributed by atoms with van der Waals surface area (Å²) in [5.41, 5.74) is 5.84. The topological polar surface area (TPSA) is 64.3 Å². The van der Waals surface area contributed by atoms with Gasteiger partial charge in [0.2, 0.25) is 0 Å². The van der Waals surface area contributed by atoms with Crippen molar-refractivity contribution in [3.63, 3.8) is 0 Å². The maximum Gasteiger partial charge on any atom is 0.251 e. The summed E-state index contributed by atoms with van der Waals surface area (Å²) in [7, 11) is 0. The van der Waals surface area contributed by atoms with Crippen LogP contribution in [-0.2, 0) is 0 Å². The van der Waals surface area contributed by atoms with Crippen LogP contribution in [0.4, 0.5) is 0 Å². The Labute approximate surface area is 106 Å². The summed E-state index contributed by atoms with van der Waals surface area (Å²) in [4.78, 5) is 11.7. The summed E-state index contributed by atoms with van der Waals surface area (Å²) in [5, 5.41) is 3.20. The van der Waals surface area contributed by atoms with Gasteiger partial charge >= 0.3 is 0 Å². The SMILES string of the molecule is CC(C)NC(=O)c1ccc(OCCN)c(Cl)c1. The third kappa shape index (κ3) is 4.24. The largest absolute Gasteiger partial charge is 0.491 e. The molecule has 0 atom stereocenters. The van der Waals surface area contributed by atoms with E-state index < -0.39 is 0 Å². The van der Waals surface area contributed by atoms with Crippen molar-refractivity contribution in [1.82, 2.24) is 5.32 Å². The number of nitrogens with two attached hydrogens (primary N) is 1. The zero-order valence-electron chi connectivity index (χ0n) is 10.00. The highest BCUT2D eigenvalue weighted by Crippen LogP contribution is 2.25. The predicted molar refractivity (Wildman–Crippen MR) is 68.6 cm³/mol. The highest BCUT2D eigenvalue weighted by Gasteiger charge is 2.10. The third-order valence-electron chi connectivity index (χ3n) is 1.99. The van der Waals surface area contributed by atoms with Gasteiger partial charge in [-0.1, -0.05) is 11.6 Å². The zero-order valence-corrected chi connectivity index (χ0v) is 10.8. The number of benzene rings is 1. The monoisotopic (exact) mass is 256 g/mol. The number of carbonyl (C=O) groups is 1. The van der Waals surface area contributed by atoms with E-state index in [1.807, 2.05) is 13.8 Å². The number of hydrogen-bond acceptors (Lipinski definition) is 3. The quantitative estimate of drug-likeness (QED) is 0.845. The van der Waals surface area contributed by atoms with Gasteiger partial charge in [0.05, 0.1) is 5.02 Å². The number of hydrogen-bond donors (Lipinski definition) is 2. The second-order valence-corrected chi connectivity index (χ2v) is 4.32. The predicted octanol–water partition coefficient (Wildman–Crippen LogP) is 1.82. The Kier molecular flexibility index (Phi) is 5.25. The van der Waals surface area contributed by atoms with Crippen molar-refractivity contribution >= 4 is 17.5 Å². The van der Waals surface area contributed by atoms with Gasteiger partial charge in [0.1, 0.15) is 12.4 Å². The lowest BCUT2D eigenvalue weighted by Gasteiger charge is -2.10. The molecule has 17 heavy (non-hydrogen) atoms. The summed E-state index contributed by atoms with van der Waals surface area (Å²) in [6.45, 7) is 4.62.